The Hall–Kier alpha value is -2.76. The predicted octanol–water partition coefficient (Wildman–Crippen LogP) is 3.77. The first kappa shape index (κ1) is 15.6. The second kappa shape index (κ2) is 6.80. The van der Waals surface area contributed by atoms with Crippen LogP contribution >= 0.6 is 0 Å². The highest BCUT2D eigenvalue weighted by molar-refractivity contribution is 5.71. The molecule has 0 aliphatic rings. The van der Waals surface area contributed by atoms with Gasteiger partial charge >= 0.3 is 0 Å². The summed E-state index contributed by atoms with van der Waals surface area (Å²) in [6.45, 7) is 6.06. The van der Waals surface area contributed by atoms with Crippen LogP contribution in [0, 0.1) is 10.1 Å². The van der Waals surface area contributed by atoms with E-state index in [1.54, 1.807) is 6.07 Å². The number of nitrogens with zero attached hydrogens (tertiary/aromatic N) is 2. The van der Waals surface area contributed by atoms with Crippen molar-refractivity contribution in [3.8, 4) is 0 Å². The second-order valence-corrected chi connectivity index (χ2v) is 4.88. The summed E-state index contributed by atoms with van der Waals surface area (Å²) in [6, 6.07) is 12.7. The third-order valence-corrected chi connectivity index (χ3v) is 3.49. The molecule has 0 radical (unpaired) electrons. The third kappa shape index (κ3) is 3.46. The molecule has 2 aromatic carbocycles. The van der Waals surface area contributed by atoms with E-state index < -0.39 is 4.92 Å². The lowest BCUT2D eigenvalue weighted by Crippen LogP contribution is -2.21. The summed E-state index contributed by atoms with van der Waals surface area (Å²) in [4.78, 5) is 12.7. The van der Waals surface area contributed by atoms with Gasteiger partial charge in [-0.25, -0.2) is 0 Å². The Balaban J connectivity index is 2.26. The van der Waals surface area contributed by atoms with Crippen molar-refractivity contribution in [1.82, 2.24) is 0 Å². The Labute approximate surface area is 129 Å². The molecule has 0 bridgehead atoms. The first-order valence-corrected chi connectivity index (χ1v) is 7.21. The van der Waals surface area contributed by atoms with Crippen LogP contribution in [0.3, 0.4) is 0 Å². The van der Waals surface area contributed by atoms with Crippen LogP contribution in [-0.4, -0.2) is 18.0 Å². The maximum Gasteiger partial charge on any atom is 0.294 e. The monoisotopic (exact) mass is 300 g/mol. The molecule has 6 heteroatoms. The van der Waals surface area contributed by atoms with Crippen molar-refractivity contribution < 1.29 is 4.92 Å². The van der Waals surface area contributed by atoms with Crippen molar-refractivity contribution >= 4 is 28.4 Å². The minimum atomic E-state index is -0.479. The van der Waals surface area contributed by atoms with Crippen LogP contribution in [0.25, 0.3) is 0 Å². The topological polar surface area (TPSA) is 84.4 Å². The number of benzene rings is 2. The predicted molar refractivity (Wildman–Crippen MR) is 90.8 cm³/mol. The maximum atomic E-state index is 10.9. The summed E-state index contributed by atoms with van der Waals surface area (Å²) >= 11 is 0. The summed E-state index contributed by atoms with van der Waals surface area (Å²) in [7, 11) is 0. The van der Waals surface area contributed by atoms with Crippen LogP contribution in [-0.2, 0) is 0 Å². The van der Waals surface area contributed by atoms with E-state index in [0.717, 1.165) is 24.5 Å². The number of nitrogen functional groups attached to an aromatic ring is 1. The summed E-state index contributed by atoms with van der Waals surface area (Å²) in [5, 5.41) is 14.1. The van der Waals surface area contributed by atoms with Gasteiger partial charge in [0.1, 0.15) is 5.69 Å². The van der Waals surface area contributed by atoms with E-state index in [2.05, 4.69) is 24.1 Å². The molecule has 2 aromatic rings. The SMILES string of the molecule is CCN(CC)c1cccc(Nc2ccc(N)c([N+](=O)[O-])c2)c1. The third-order valence-electron chi connectivity index (χ3n) is 3.49. The van der Waals surface area contributed by atoms with Gasteiger partial charge in [0.25, 0.3) is 5.69 Å². The highest BCUT2D eigenvalue weighted by atomic mass is 16.6. The molecule has 0 saturated heterocycles. The Morgan fingerprint density at radius 2 is 1.82 bits per heavy atom. The molecule has 0 unspecified atom stereocenters. The van der Waals surface area contributed by atoms with Crippen LogP contribution in [0.4, 0.5) is 28.4 Å². The summed E-state index contributed by atoms with van der Waals surface area (Å²) in [5.41, 5.74) is 8.30. The second-order valence-electron chi connectivity index (χ2n) is 4.88. The maximum absolute atomic E-state index is 10.9. The van der Waals surface area contributed by atoms with E-state index in [9.17, 15) is 10.1 Å². The number of nitro benzene ring substituents is 1. The summed E-state index contributed by atoms with van der Waals surface area (Å²) in [6.07, 6.45) is 0. The van der Waals surface area contributed by atoms with Crippen molar-refractivity contribution in [1.29, 1.82) is 0 Å². The van der Waals surface area contributed by atoms with Gasteiger partial charge in [-0.2, -0.15) is 0 Å². The van der Waals surface area contributed by atoms with Crippen molar-refractivity contribution in [2.24, 2.45) is 0 Å². The fourth-order valence-corrected chi connectivity index (χ4v) is 2.32. The lowest BCUT2D eigenvalue weighted by molar-refractivity contribution is -0.383. The van der Waals surface area contributed by atoms with Crippen LogP contribution in [0.5, 0.6) is 0 Å². The van der Waals surface area contributed by atoms with Gasteiger partial charge < -0.3 is 16.0 Å². The fraction of sp³-hybridized carbons (Fsp3) is 0.250. The standard InChI is InChI=1S/C16H20N4O2/c1-3-19(4-2)14-7-5-6-12(10-14)18-13-8-9-15(17)16(11-13)20(21)22/h5-11,18H,3-4,17H2,1-2H3. The number of hydrogen-bond donors (Lipinski definition) is 2. The number of nitrogens with two attached hydrogens (primary N) is 1. The van der Waals surface area contributed by atoms with E-state index in [-0.39, 0.29) is 11.4 Å². The molecule has 22 heavy (non-hydrogen) atoms. The zero-order valence-corrected chi connectivity index (χ0v) is 12.7. The summed E-state index contributed by atoms with van der Waals surface area (Å²) < 4.78 is 0. The molecule has 6 nitrogen and oxygen atoms in total. The van der Waals surface area contributed by atoms with Crippen LogP contribution in [0.2, 0.25) is 0 Å². The molecule has 0 saturated carbocycles. The van der Waals surface area contributed by atoms with Gasteiger partial charge in [-0.1, -0.05) is 6.07 Å². The van der Waals surface area contributed by atoms with Gasteiger partial charge in [-0.3, -0.25) is 10.1 Å². The number of rotatable bonds is 6. The first-order chi connectivity index (χ1) is 10.5. The Kier molecular flexibility index (Phi) is 4.83. The van der Waals surface area contributed by atoms with E-state index in [0.29, 0.717) is 5.69 Å². The smallest absolute Gasteiger partial charge is 0.294 e. The van der Waals surface area contributed by atoms with E-state index >= 15 is 0 Å². The van der Waals surface area contributed by atoms with Crippen LogP contribution in [0.15, 0.2) is 42.5 Å². The molecular formula is C16H20N4O2. The molecule has 0 aromatic heterocycles. The Morgan fingerprint density at radius 3 is 2.45 bits per heavy atom. The quantitative estimate of drug-likeness (QED) is 0.482. The molecule has 3 N–H and O–H groups in total. The molecule has 0 aliphatic heterocycles. The van der Waals surface area contributed by atoms with Crippen molar-refractivity contribution in [2.45, 2.75) is 13.8 Å². The molecule has 0 atom stereocenters. The lowest BCUT2D eigenvalue weighted by atomic mass is 10.2. The van der Waals surface area contributed by atoms with Crippen molar-refractivity contribution in [3.05, 3.63) is 52.6 Å². The van der Waals surface area contributed by atoms with Gasteiger partial charge in [0, 0.05) is 36.2 Å². The number of nitro groups is 1. The molecule has 0 spiro atoms. The average Bonchev–Trinajstić information content (AvgIpc) is 2.51. The van der Waals surface area contributed by atoms with Crippen LogP contribution < -0.4 is 16.0 Å². The normalized spacial score (nSPS) is 10.3. The number of nitrogens with one attached hydrogen (secondary N) is 1. The minimum Gasteiger partial charge on any atom is -0.393 e. The molecule has 0 amide bonds. The number of anilines is 4. The van der Waals surface area contributed by atoms with Gasteiger partial charge in [0.2, 0.25) is 0 Å². The first-order valence-electron chi connectivity index (χ1n) is 7.21. The minimum absolute atomic E-state index is 0.0927. The molecule has 0 heterocycles. The lowest BCUT2D eigenvalue weighted by Gasteiger charge is -2.21. The average molecular weight is 300 g/mol. The molecule has 0 aliphatic carbocycles. The fourth-order valence-electron chi connectivity index (χ4n) is 2.32. The highest BCUT2D eigenvalue weighted by Gasteiger charge is 2.12. The summed E-state index contributed by atoms with van der Waals surface area (Å²) in [5.74, 6) is 0. The van der Waals surface area contributed by atoms with E-state index in [1.807, 2.05) is 24.3 Å². The largest absolute Gasteiger partial charge is 0.393 e. The van der Waals surface area contributed by atoms with Crippen molar-refractivity contribution in [2.75, 3.05) is 29.0 Å². The number of hydrogen-bond acceptors (Lipinski definition) is 5. The zero-order chi connectivity index (χ0) is 16.1. The van der Waals surface area contributed by atoms with Gasteiger partial charge in [-0.15, -0.1) is 0 Å². The molecule has 0 fully saturated rings. The Morgan fingerprint density at radius 1 is 1.14 bits per heavy atom. The molecule has 2 rings (SSSR count). The van der Waals surface area contributed by atoms with Crippen molar-refractivity contribution in [3.63, 3.8) is 0 Å². The van der Waals surface area contributed by atoms with Gasteiger partial charge in [-0.05, 0) is 44.2 Å². The van der Waals surface area contributed by atoms with E-state index in [4.69, 9.17) is 5.73 Å². The molecule has 116 valence electrons. The zero-order valence-electron chi connectivity index (χ0n) is 12.7. The van der Waals surface area contributed by atoms with E-state index in [1.165, 1.54) is 12.1 Å². The van der Waals surface area contributed by atoms with Gasteiger partial charge in [0.15, 0.2) is 0 Å². The van der Waals surface area contributed by atoms with Gasteiger partial charge in [0.05, 0.1) is 4.92 Å². The highest BCUT2D eigenvalue weighted by Crippen LogP contribution is 2.28. The van der Waals surface area contributed by atoms with Crippen LogP contribution in [0.1, 0.15) is 13.8 Å². The molecular weight excluding hydrogens is 280 g/mol. The Bertz CT molecular complexity index is 669.